The number of nitrogens with one attached hydrogen (secondary N) is 2. The van der Waals surface area contributed by atoms with Crippen LogP contribution >= 0.6 is 0 Å². The van der Waals surface area contributed by atoms with Gasteiger partial charge in [0.25, 0.3) is 0 Å². The van der Waals surface area contributed by atoms with Gasteiger partial charge < -0.3 is 20.1 Å². The number of piperidine rings is 2. The lowest BCUT2D eigenvalue weighted by Gasteiger charge is -2.29. The van der Waals surface area contributed by atoms with Crippen molar-refractivity contribution < 1.29 is 9.47 Å². The van der Waals surface area contributed by atoms with E-state index >= 15 is 0 Å². The zero-order valence-electron chi connectivity index (χ0n) is 13.8. The van der Waals surface area contributed by atoms with E-state index in [1.807, 2.05) is 6.92 Å². The van der Waals surface area contributed by atoms with Gasteiger partial charge in [-0.25, -0.2) is 9.97 Å². The average Bonchev–Trinajstić information content (AvgIpc) is 2.91. The topological polar surface area (TPSA) is 68.3 Å². The summed E-state index contributed by atoms with van der Waals surface area (Å²) in [5, 5.41) is 6.99. The highest BCUT2D eigenvalue weighted by Gasteiger charge is 2.35. The van der Waals surface area contributed by atoms with Crippen molar-refractivity contribution >= 4 is 0 Å². The van der Waals surface area contributed by atoms with Gasteiger partial charge in [0, 0.05) is 12.1 Å². The second-order valence-corrected chi connectivity index (χ2v) is 7.03. The molecule has 3 fully saturated rings. The lowest BCUT2D eigenvalue weighted by Crippen LogP contribution is -2.42. The van der Waals surface area contributed by atoms with Crippen LogP contribution in [0.5, 0.6) is 11.8 Å². The van der Waals surface area contributed by atoms with E-state index in [-0.39, 0.29) is 12.2 Å². The first-order valence-corrected chi connectivity index (χ1v) is 8.89. The predicted octanol–water partition coefficient (Wildman–Crippen LogP) is 1.58. The summed E-state index contributed by atoms with van der Waals surface area (Å²) in [7, 11) is 0. The lowest BCUT2D eigenvalue weighted by molar-refractivity contribution is 0.126. The Hall–Kier alpha value is -1.40. The second-order valence-electron chi connectivity index (χ2n) is 7.03. The van der Waals surface area contributed by atoms with Gasteiger partial charge >= 0.3 is 0 Å². The Morgan fingerprint density at radius 3 is 2.17 bits per heavy atom. The number of ether oxygens (including phenoxy) is 2. The molecule has 4 heterocycles. The molecule has 0 aromatic carbocycles. The monoisotopic (exact) mass is 318 g/mol. The SMILES string of the molecule is Cc1c(OC2CCNCC2)ncnc1O[C@@H]1C[C@H]2CC[C@@H](C1)N2. The summed E-state index contributed by atoms with van der Waals surface area (Å²) in [4.78, 5) is 8.67. The van der Waals surface area contributed by atoms with E-state index in [9.17, 15) is 0 Å². The zero-order chi connectivity index (χ0) is 15.6. The molecule has 3 aliphatic rings. The largest absolute Gasteiger partial charge is 0.474 e. The van der Waals surface area contributed by atoms with E-state index in [0.29, 0.717) is 23.8 Å². The van der Waals surface area contributed by atoms with Crippen molar-refractivity contribution in [3.8, 4) is 11.8 Å². The van der Waals surface area contributed by atoms with E-state index in [1.54, 1.807) is 6.33 Å². The van der Waals surface area contributed by atoms with Crippen LogP contribution in [0.15, 0.2) is 6.33 Å². The molecule has 1 aromatic heterocycles. The number of nitrogens with zero attached hydrogens (tertiary/aromatic N) is 2. The van der Waals surface area contributed by atoms with Crippen LogP contribution < -0.4 is 20.1 Å². The highest BCUT2D eigenvalue weighted by atomic mass is 16.5. The highest BCUT2D eigenvalue weighted by molar-refractivity contribution is 5.33. The van der Waals surface area contributed by atoms with Crippen LogP contribution in [-0.2, 0) is 0 Å². The molecule has 1 aromatic rings. The van der Waals surface area contributed by atoms with Crippen molar-refractivity contribution in [3.63, 3.8) is 0 Å². The molecular weight excluding hydrogens is 292 g/mol. The summed E-state index contributed by atoms with van der Waals surface area (Å²) in [6.45, 7) is 4.02. The van der Waals surface area contributed by atoms with Crippen LogP contribution in [-0.4, -0.2) is 47.3 Å². The molecule has 0 saturated carbocycles. The molecular formula is C17H26N4O2. The molecule has 0 spiro atoms. The average molecular weight is 318 g/mol. The summed E-state index contributed by atoms with van der Waals surface area (Å²) in [6, 6.07) is 1.23. The maximum Gasteiger partial charge on any atom is 0.223 e. The number of hydrogen-bond acceptors (Lipinski definition) is 6. The van der Waals surface area contributed by atoms with Gasteiger partial charge in [0.2, 0.25) is 11.8 Å². The molecule has 2 N–H and O–H groups in total. The fraction of sp³-hybridized carbons (Fsp3) is 0.765. The number of fused-ring (bicyclic) bond motifs is 2. The van der Waals surface area contributed by atoms with Gasteiger partial charge in [0.15, 0.2) is 0 Å². The van der Waals surface area contributed by atoms with Crippen LogP contribution in [0.4, 0.5) is 0 Å². The maximum atomic E-state index is 6.21. The van der Waals surface area contributed by atoms with E-state index in [2.05, 4.69) is 20.6 Å². The van der Waals surface area contributed by atoms with Gasteiger partial charge in [-0.3, -0.25) is 0 Å². The summed E-state index contributed by atoms with van der Waals surface area (Å²) >= 11 is 0. The van der Waals surface area contributed by atoms with Crippen molar-refractivity contribution in [3.05, 3.63) is 11.9 Å². The Labute approximate surface area is 137 Å². The van der Waals surface area contributed by atoms with Crippen molar-refractivity contribution in [2.45, 2.75) is 69.7 Å². The fourth-order valence-electron chi connectivity index (χ4n) is 3.99. The van der Waals surface area contributed by atoms with Gasteiger partial charge in [0.1, 0.15) is 18.5 Å². The highest BCUT2D eigenvalue weighted by Crippen LogP contribution is 2.31. The molecule has 0 amide bonds. The van der Waals surface area contributed by atoms with Crippen molar-refractivity contribution in [1.82, 2.24) is 20.6 Å². The molecule has 3 atom stereocenters. The number of aromatic nitrogens is 2. The lowest BCUT2D eigenvalue weighted by atomic mass is 10.0. The third kappa shape index (κ3) is 3.43. The van der Waals surface area contributed by atoms with Gasteiger partial charge in [0.05, 0.1) is 5.56 Å². The molecule has 3 saturated heterocycles. The molecule has 4 rings (SSSR count). The first kappa shape index (κ1) is 15.1. The van der Waals surface area contributed by atoms with E-state index in [4.69, 9.17) is 9.47 Å². The normalized spacial score (nSPS) is 31.1. The Morgan fingerprint density at radius 2 is 1.52 bits per heavy atom. The molecule has 6 heteroatoms. The molecule has 0 unspecified atom stereocenters. The summed E-state index contributed by atoms with van der Waals surface area (Å²) in [5.74, 6) is 1.37. The standard InChI is InChI=1S/C17H26N4O2/c1-11-16(22-14-4-6-18-7-5-14)19-10-20-17(11)23-15-8-12-2-3-13(9-15)21-12/h10,12-15,18,21H,2-9H2,1H3/t12-,13+,15-. The van der Waals surface area contributed by atoms with Crippen molar-refractivity contribution in [1.29, 1.82) is 0 Å². The van der Waals surface area contributed by atoms with Crippen molar-refractivity contribution in [2.24, 2.45) is 0 Å². The van der Waals surface area contributed by atoms with E-state index < -0.39 is 0 Å². The number of hydrogen-bond donors (Lipinski definition) is 2. The third-order valence-corrected chi connectivity index (χ3v) is 5.26. The Bertz CT molecular complexity index is 535. The minimum Gasteiger partial charge on any atom is -0.474 e. The molecule has 2 bridgehead atoms. The Kier molecular flexibility index (Phi) is 4.35. The Balaban J connectivity index is 1.43. The number of rotatable bonds is 4. The minimum absolute atomic E-state index is 0.243. The van der Waals surface area contributed by atoms with Gasteiger partial charge in [-0.1, -0.05) is 0 Å². The van der Waals surface area contributed by atoms with E-state index in [0.717, 1.165) is 44.3 Å². The summed E-state index contributed by atoms with van der Waals surface area (Å²) in [6.07, 6.45) is 8.81. The first-order valence-electron chi connectivity index (χ1n) is 8.89. The summed E-state index contributed by atoms with van der Waals surface area (Å²) < 4.78 is 12.3. The quantitative estimate of drug-likeness (QED) is 0.878. The first-order chi connectivity index (χ1) is 11.3. The predicted molar refractivity (Wildman–Crippen MR) is 86.9 cm³/mol. The van der Waals surface area contributed by atoms with E-state index in [1.165, 1.54) is 12.8 Å². The fourth-order valence-corrected chi connectivity index (χ4v) is 3.99. The smallest absolute Gasteiger partial charge is 0.223 e. The van der Waals surface area contributed by atoms with Crippen LogP contribution in [0.25, 0.3) is 0 Å². The van der Waals surface area contributed by atoms with Crippen LogP contribution in [0.3, 0.4) is 0 Å². The van der Waals surface area contributed by atoms with Gasteiger partial charge in [-0.15, -0.1) is 0 Å². The van der Waals surface area contributed by atoms with Crippen molar-refractivity contribution in [2.75, 3.05) is 13.1 Å². The second kappa shape index (κ2) is 6.61. The van der Waals surface area contributed by atoms with Crippen LogP contribution in [0.1, 0.15) is 44.1 Å². The molecule has 23 heavy (non-hydrogen) atoms. The van der Waals surface area contributed by atoms with Gasteiger partial charge in [-0.2, -0.15) is 0 Å². The molecule has 3 aliphatic heterocycles. The third-order valence-electron chi connectivity index (χ3n) is 5.26. The molecule has 6 nitrogen and oxygen atoms in total. The molecule has 0 aliphatic carbocycles. The summed E-state index contributed by atoms with van der Waals surface area (Å²) in [5.41, 5.74) is 0.928. The molecule has 0 radical (unpaired) electrons. The van der Waals surface area contributed by atoms with Crippen LogP contribution in [0.2, 0.25) is 0 Å². The van der Waals surface area contributed by atoms with Gasteiger partial charge in [-0.05, 0) is 58.5 Å². The van der Waals surface area contributed by atoms with Crippen LogP contribution in [0, 0.1) is 6.92 Å². The Morgan fingerprint density at radius 1 is 0.913 bits per heavy atom. The maximum absolute atomic E-state index is 6.21. The molecule has 126 valence electrons. The minimum atomic E-state index is 0.243. The zero-order valence-corrected chi connectivity index (χ0v) is 13.8.